The Morgan fingerprint density at radius 2 is 1.75 bits per heavy atom. The van der Waals surface area contributed by atoms with E-state index in [0.717, 1.165) is 18.7 Å². The number of rotatable bonds is 8. The molecule has 4 nitrogen and oxygen atoms in total. The predicted octanol–water partition coefficient (Wildman–Crippen LogP) is 2.72. The molecule has 1 N–H and O–H groups in total. The van der Waals surface area contributed by atoms with Gasteiger partial charge in [-0.3, -0.25) is 0 Å². The Morgan fingerprint density at radius 1 is 1.10 bits per heavy atom. The molecule has 1 aromatic carbocycles. The lowest BCUT2D eigenvalue weighted by Gasteiger charge is -2.25. The van der Waals surface area contributed by atoms with E-state index >= 15 is 0 Å². The van der Waals surface area contributed by atoms with Gasteiger partial charge in [-0.05, 0) is 30.2 Å². The lowest BCUT2D eigenvalue weighted by molar-refractivity contribution is 0.109. The fourth-order valence-corrected chi connectivity index (χ4v) is 2.26. The lowest BCUT2D eigenvalue weighted by Crippen LogP contribution is -2.31. The Balaban J connectivity index is 2.78. The largest absolute Gasteiger partial charge is 0.493 e. The third kappa shape index (κ3) is 4.69. The topological polar surface area (TPSA) is 41.9 Å². The first kappa shape index (κ1) is 16.8. The van der Waals surface area contributed by atoms with Gasteiger partial charge in [0.25, 0.3) is 0 Å². The van der Waals surface area contributed by atoms with Gasteiger partial charge in [0.1, 0.15) is 0 Å². The van der Waals surface area contributed by atoms with Crippen molar-refractivity contribution in [2.75, 3.05) is 33.9 Å². The molecule has 0 aliphatic carbocycles. The van der Waals surface area contributed by atoms with Gasteiger partial charge in [0, 0.05) is 13.1 Å². The van der Waals surface area contributed by atoms with Crippen LogP contribution in [0.25, 0.3) is 0 Å². The zero-order chi connectivity index (χ0) is 15.1. The first-order valence-corrected chi connectivity index (χ1v) is 7.14. The van der Waals surface area contributed by atoms with Crippen LogP contribution in [0.15, 0.2) is 18.2 Å². The summed E-state index contributed by atoms with van der Waals surface area (Å²) in [6, 6.07) is 5.55. The molecule has 0 aromatic heterocycles. The quantitative estimate of drug-likeness (QED) is 0.795. The van der Waals surface area contributed by atoms with Gasteiger partial charge in [0.05, 0.1) is 20.3 Å². The van der Waals surface area contributed by atoms with Crippen LogP contribution in [-0.4, -0.2) is 43.9 Å². The van der Waals surface area contributed by atoms with Gasteiger partial charge in [-0.1, -0.05) is 26.8 Å². The molecular formula is C16H27NO3. The highest BCUT2D eigenvalue weighted by molar-refractivity contribution is 5.43. The van der Waals surface area contributed by atoms with E-state index in [2.05, 4.69) is 25.7 Å². The average Bonchev–Trinajstić information content (AvgIpc) is 2.45. The highest BCUT2D eigenvalue weighted by Gasteiger charge is 2.15. The molecule has 0 bridgehead atoms. The smallest absolute Gasteiger partial charge is 0.161 e. The Kier molecular flexibility index (Phi) is 6.82. The summed E-state index contributed by atoms with van der Waals surface area (Å²) in [5.74, 6) is 1.92. The van der Waals surface area contributed by atoms with Crippen molar-refractivity contribution in [2.45, 2.75) is 26.9 Å². The highest BCUT2D eigenvalue weighted by atomic mass is 16.5. The summed E-state index contributed by atoms with van der Waals surface area (Å²) < 4.78 is 10.5. The third-order valence-electron chi connectivity index (χ3n) is 3.29. The van der Waals surface area contributed by atoms with Crippen LogP contribution in [0.5, 0.6) is 11.5 Å². The van der Waals surface area contributed by atoms with Crippen molar-refractivity contribution in [1.82, 2.24) is 4.90 Å². The van der Waals surface area contributed by atoms with E-state index < -0.39 is 6.10 Å². The van der Waals surface area contributed by atoms with E-state index in [9.17, 15) is 5.11 Å². The van der Waals surface area contributed by atoms with Crippen LogP contribution < -0.4 is 9.47 Å². The maximum atomic E-state index is 10.4. The molecule has 0 saturated carbocycles. The van der Waals surface area contributed by atoms with Crippen LogP contribution in [0.2, 0.25) is 0 Å². The lowest BCUT2D eigenvalue weighted by atomic mass is 10.1. The molecule has 1 unspecified atom stereocenters. The Labute approximate surface area is 122 Å². The van der Waals surface area contributed by atoms with Crippen molar-refractivity contribution in [3.63, 3.8) is 0 Å². The minimum Gasteiger partial charge on any atom is -0.493 e. The van der Waals surface area contributed by atoms with E-state index in [4.69, 9.17) is 9.47 Å². The van der Waals surface area contributed by atoms with Crippen molar-refractivity contribution >= 4 is 0 Å². The normalized spacial score (nSPS) is 12.8. The maximum Gasteiger partial charge on any atom is 0.161 e. The van der Waals surface area contributed by atoms with Crippen LogP contribution in [0.3, 0.4) is 0 Å². The van der Waals surface area contributed by atoms with E-state index in [-0.39, 0.29) is 0 Å². The van der Waals surface area contributed by atoms with Gasteiger partial charge >= 0.3 is 0 Å². The minimum atomic E-state index is -0.520. The molecule has 0 fully saturated rings. The summed E-state index contributed by atoms with van der Waals surface area (Å²) in [7, 11) is 3.21. The second-order valence-electron chi connectivity index (χ2n) is 5.38. The highest BCUT2D eigenvalue weighted by Crippen LogP contribution is 2.30. The molecule has 1 aromatic rings. The molecule has 4 heteroatoms. The second-order valence-corrected chi connectivity index (χ2v) is 5.38. The summed E-state index contributed by atoms with van der Waals surface area (Å²) in [6.07, 6.45) is -0.520. The molecule has 0 amide bonds. The van der Waals surface area contributed by atoms with Gasteiger partial charge in [-0.15, -0.1) is 0 Å². The van der Waals surface area contributed by atoms with Crippen LogP contribution in [0.4, 0.5) is 0 Å². The van der Waals surface area contributed by atoms with Crippen molar-refractivity contribution in [2.24, 2.45) is 5.92 Å². The molecule has 0 aliphatic heterocycles. The zero-order valence-corrected chi connectivity index (χ0v) is 13.2. The van der Waals surface area contributed by atoms with E-state index in [1.165, 1.54) is 0 Å². The van der Waals surface area contributed by atoms with Gasteiger partial charge in [0.2, 0.25) is 0 Å². The number of nitrogens with zero attached hydrogens (tertiary/aromatic N) is 1. The van der Waals surface area contributed by atoms with Crippen LogP contribution in [0, 0.1) is 5.92 Å². The number of likely N-dealkylation sites (N-methyl/N-ethyl adjacent to an activating group) is 1. The number of hydrogen-bond acceptors (Lipinski definition) is 4. The third-order valence-corrected chi connectivity index (χ3v) is 3.29. The molecule has 1 rings (SSSR count). The number of ether oxygens (including phenoxy) is 2. The first-order valence-electron chi connectivity index (χ1n) is 7.14. The first-order chi connectivity index (χ1) is 9.51. The van der Waals surface area contributed by atoms with Gasteiger partial charge in [-0.2, -0.15) is 0 Å². The van der Waals surface area contributed by atoms with Crippen molar-refractivity contribution < 1.29 is 14.6 Å². The maximum absolute atomic E-state index is 10.4. The van der Waals surface area contributed by atoms with E-state index in [0.29, 0.717) is 24.0 Å². The molecule has 0 radical (unpaired) electrons. The molecule has 20 heavy (non-hydrogen) atoms. The van der Waals surface area contributed by atoms with Gasteiger partial charge < -0.3 is 19.5 Å². The molecule has 0 heterocycles. The molecular weight excluding hydrogens is 254 g/mol. The summed E-state index contributed by atoms with van der Waals surface area (Å²) >= 11 is 0. The number of aliphatic hydroxyl groups is 1. The standard InChI is InChI=1S/C16H27NO3/c1-6-17(10-12(2)3)11-14(18)13-7-8-15(19-4)16(9-13)20-5/h7-9,12,14,18H,6,10-11H2,1-5H3. The van der Waals surface area contributed by atoms with Crippen LogP contribution in [0.1, 0.15) is 32.4 Å². The number of aliphatic hydroxyl groups excluding tert-OH is 1. The fraction of sp³-hybridized carbons (Fsp3) is 0.625. The molecule has 0 saturated heterocycles. The summed E-state index contributed by atoms with van der Waals surface area (Å²) in [4.78, 5) is 2.26. The second kappa shape index (κ2) is 8.12. The monoisotopic (exact) mass is 281 g/mol. The van der Waals surface area contributed by atoms with Crippen LogP contribution >= 0.6 is 0 Å². The average molecular weight is 281 g/mol. The van der Waals surface area contributed by atoms with E-state index in [1.807, 2.05) is 18.2 Å². The molecule has 0 spiro atoms. The van der Waals surface area contributed by atoms with Gasteiger partial charge in [-0.25, -0.2) is 0 Å². The molecule has 0 aliphatic rings. The van der Waals surface area contributed by atoms with Crippen molar-refractivity contribution in [3.05, 3.63) is 23.8 Å². The van der Waals surface area contributed by atoms with Crippen molar-refractivity contribution in [1.29, 1.82) is 0 Å². The SMILES string of the molecule is CCN(CC(C)C)CC(O)c1ccc(OC)c(OC)c1. The van der Waals surface area contributed by atoms with Gasteiger partial charge in [0.15, 0.2) is 11.5 Å². The Bertz CT molecular complexity index is 407. The summed E-state index contributed by atoms with van der Waals surface area (Å²) in [6.45, 7) is 9.04. The summed E-state index contributed by atoms with van der Waals surface area (Å²) in [5.41, 5.74) is 0.852. The van der Waals surface area contributed by atoms with Crippen LogP contribution in [-0.2, 0) is 0 Å². The molecule has 114 valence electrons. The molecule has 1 atom stereocenters. The zero-order valence-electron chi connectivity index (χ0n) is 13.2. The number of methoxy groups -OCH3 is 2. The Morgan fingerprint density at radius 3 is 2.25 bits per heavy atom. The Hall–Kier alpha value is -1.26. The number of hydrogen-bond donors (Lipinski definition) is 1. The fourth-order valence-electron chi connectivity index (χ4n) is 2.26. The number of benzene rings is 1. The van der Waals surface area contributed by atoms with Crippen molar-refractivity contribution in [3.8, 4) is 11.5 Å². The predicted molar refractivity (Wildman–Crippen MR) is 81.5 cm³/mol. The minimum absolute atomic E-state index is 0.520. The summed E-state index contributed by atoms with van der Waals surface area (Å²) in [5, 5.41) is 10.4. The van der Waals surface area contributed by atoms with E-state index in [1.54, 1.807) is 14.2 Å².